The second-order valence-electron chi connectivity index (χ2n) is 4.35. The summed E-state index contributed by atoms with van der Waals surface area (Å²) in [5.74, 6) is 0.00558. The molecule has 0 spiro atoms. The minimum atomic E-state index is -4.56. The van der Waals surface area contributed by atoms with Crippen LogP contribution < -0.4 is 5.32 Å². The normalized spacial score (nSPS) is 11.5. The minimum Gasteiger partial charge on any atom is -0.340 e. The van der Waals surface area contributed by atoms with E-state index >= 15 is 0 Å². The van der Waals surface area contributed by atoms with E-state index in [1.807, 2.05) is 32.0 Å². The van der Waals surface area contributed by atoms with Gasteiger partial charge >= 0.3 is 6.18 Å². The van der Waals surface area contributed by atoms with Crippen molar-refractivity contribution >= 4 is 23.1 Å². The Morgan fingerprint density at radius 2 is 1.80 bits per heavy atom. The summed E-state index contributed by atoms with van der Waals surface area (Å²) in [5.41, 5.74) is 1.46. The van der Waals surface area contributed by atoms with Crippen LogP contribution in [0.4, 0.5) is 24.7 Å². The lowest BCUT2D eigenvalue weighted by Crippen LogP contribution is -2.10. The first-order valence-electron chi connectivity index (χ1n) is 5.72. The van der Waals surface area contributed by atoms with Crippen molar-refractivity contribution < 1.29 is 13.2 Å². The van der Waals surface area contributed by atoms with E-state index in [0.717, 1.165) is 17.2 Å². The van der Waals surface area contributed by atoms with Gasteiger partial charge in [0.1, 0.15) is 5.82 Å². The number of anilines is 2. The zero-order valence-electron chi connectivity index (χ0n) is 10.7. The van der Waals surface area contributed by atoms with Crippen LogP contribution in [-0.4, -0.2) is 9.97 Å². The highest BCUT2D eigenvalue weighted by Gasteiger charge is 2.33. The summed E-state index contributed by atoms with van der Waals surface area (Å²) >= 11 is 5.53. The summed E-state index contributed by atoms with van der Waals surface area (Å²) in [6, 6.07) is 6.42. The van der Waals surface area contributed by atoms with Gasteiger partial charge in [0.25, 0.3) is 0 Å². The second kappa shape index (κ2) is 5.28. The van der Waals surface area contributed by atoms with E-state index in [2.05, 4.69) is 15.3 Å². The number of nitrogens with one attached hydrogen (secondary N) is 1. The Morgan fingerprint density at radius 3 is 2.45 bits per heavy atom. The van der Waals surface area contributed by atoms with Crippen molar-refractivity contribution in [2.24, 2.45) is 0 Å². The van der Waals surface area contributed by atoms with Crippen molar-refractivity contribution in [1.82, 2.24) is 9.97 Å². The van der Waals surface area contributed by atoms with Crippen LogP contribution in [0.3, 0.4) is 0 Å². The van der Waals surface area contributed by atoms with Gasteiger partial charge in [-0.2, -0.15) is 13.2 Å². The van der Waals surface area contributed by atoms with Crippen LogP contribution in [0.5, 0.6) is 0 Å². The fourth-order valence-electron chi connectivity index (χ4n) is 1.64. The van der Waals surface area contributed by atoms with Gasteiger partial charge in [0, 0.05) is 11.8 Å². The maximum Gasteiger partial charge on any atom is 0.433 e. The van der Waals surface area contributed by atoms with Crippen LogP contribution >= 0.6 is 11.6 Å². The largest absolute Gasteiger partial charge is 0.433 e. The molecule has 0 fully saturated rings. The fourth-order valence-corrected chi connectivity index (χ4v) is 1.82. The molecule has 0 saturated carbocycles. The summed E-state index contributed by atoms with van der Waals surface area (Å²) in [6.07, 6.45) is -4.56. The van der Waals surface area contributed by atoms with Gasteiger partial charge in [0.15, 0.2) is 5.69 Å². The Labute approximate surface area is 118 Å². The molecular weight excluding hydrogens is 291 g/mol. The van der Waals surface area contributed by atoms with Gasteiger partial charge < -0.3 is 5.32 Å². The van der Waals surface area contributed by atoms with Crippen molar-refractivity contribution in [2.45, 2.75) is 20.0 Å². The molecule has 3 nitrogen and oxygen atoms in total. The van der Waals surface area contributed by atoms with Crippen molar-refractivity contribution in [3.8, 4) is 0 Å². The highest BCUT2D eigenvalue weighted by atomic mass is 35.5. The molecule has 2 rings (SSSR count). The summed E-state index contributed by atoms with van der Waals surface area (Å²) < 4.78 is 38.0. The molecule has 2 aromatic rings. The average Bonchev–Trinajstić information content (AvgIpc) is 2.32. The SMILES string of the molecule is Cc1ccc(C)c(Nc2cc(C(F)(F)F)nc(Cl)n2)c1. The summed E-state index contributed by atoms with van der Waals surface area (Å²) in [7, 11) is 0. The molecule has 1 aromatic heterocycles. The maximum absolute atomic E-state index is 12.7. The number of nitrogens with zero attached hydrogens (tertiary/aromatic N) is 2. The van der Waals surface area contributed by atoms with Gasteiger partial charge in [-0.25, -0.2) is 9.97 Å². The number of aromatic nitrogens is 2. The molecule has 0 aliphatic heterocycles. The van der Waals surface area contributed by atoms with Crippen molar-refractivity contribution in [1.29, 1.82) is 0 Å². The van der Waals surface area contributed by atoms with Crippen LogP contribution in [0.15, 0.2) is 24.3 Å². The van der Waals surface area contributed by atoms with Crippen LogP contribution in [0.1, 0.15) is 16.8 Å². The Hall–Kier alpha value is -1.82. The van der Waals surface area contributed by atoms with E-state index in [1.165, 1.54) is 0 Å². The number of hydrogen-bond acceptors (Lipinski definition) is 3. The topological polar surface area (TPSA) is 37.8 Å². The third-order valence-electron chi connectivity index (χ3n) is 2.65. The first kappa shape index (κ1) is 14.6. The Balaban J connectivity index is 2.39. The molecule has 0 atom stereocenters. The molecule has 20 heavy (non-hydrogen) atoms. The lowest BCUT2D eigenvalue weighted by Gasteiger charge is -2.12. The zero-order valence-corrected chi connectivity index (χ0v) is 11.5. The van der Waals surface area contributed by atoms with Gasteiger partial charge in [0.05, 0.1) is 0 Å². The molecule has 0 bridgehead atoms. The highest BCUT2D eigenvalue weighted by Crippen LogP contribution is 2.30. The van der Waals surface area contributed by atoms with E-state index < -0.39 is 17.2 Å². The number of halogens is 4. The van der Waals surface area contributed by atoms with Gasteiger partial charge in [-0.3, -0.25) is 0 Å². The predicted molar refractivity (Wildman–Crippen MR) is 71.2 cm³/mol. The summed E-state index contributed by atoms with van der Waals surface area (Å²) in [6.45, 7) is 3.73. The fraction of sp³-hybridized carbons (Fsp3) is 0.231. The molecule has 0 saturated heterocycles. The third kappa shape index (κ3) is 3.39. The number of benzene rings is 1. The molecule has 7 heteroatoms. The van der Waals surface area contributed by atoms with Crippen LogP contribution in [0.2, 0.25) is 5.28 Å². The molecule has 0 unspecified atom stereocenters. The van der Waals surface area contributed by atoms with E-state index in [-0.39, 0.29) is 5.82 Å². The Morgan fingerprint density at radius 1 is 1.10 bits per heavy atom. The van der Waals surface area contributed by atoms with Gasteiger partial charge in [-0.05, 0) is 42.6 Å². The Bertz CT molecular complexity index is 641. The number of hydrogen-bond donors (Lipinski definition) is 1. The lowest BCUT2D eigenvalue weighted by atomic mass is 10.1. The molecule has 106 valence electrons. The third-order valence-corrected chi connectivity index (χ3v) is 2.81. The quantitative estimate of drug-likeness (QED) is 0.829. The van der Waals surface area contributed by atoms with E-state index in [4.69, 9.17) is 11.6 Å². The van der Waals surface area contributed by atoms with Crippen LogP contribution in [-0.2, 0) is 6.18 Å². The van der Waals surface area contributed by atoms with E-state index in [9.17, 15) is 13.2 Å². The Kier molecular flexibility index (Phi) is 3.85. The average molecular weight is 302 g/mol. The van der Waals surface area contributed by atoms with Crippen molar-refractivity contribution in [3.05, 3.63) is 46.4 Å². The molecule has 1 aromatic carbocycles. The zero-order chi connectivity index (χ0) is 14.9. The van der Waals surface area contributed by atoms with Gasteiger partial charge in [-0.15, -0.1) is 0 Å². The molecule has 1 heterocycles. The highest BCUT2D eigenvalue weighted by molar-refractivity contribution is 6.28. The first-order chi connectivity index (χ1) is 9.25. The maximum atomic E-state index is 12.7. The predicted octanol–water partition coefficient (Wildman–Crippen LogP) is 4.51. The number of alkyl halides is 3. The molecule has 0 amide bonds. The first-order valence-corrected chi connectivity index (χ1v) is 6.09. The minimum absolute atomic E-state index is 0.00558. The van der Waals surface area contributed by atoms with Gasteiger partial charge in [0.2, 0.25) is 5.28 Å². The molecule has 0 radical (unpaired) electrons. The molecule has 0 aliphatic rings. The van der Waals surface area contributed by atoms with Crippen LogP contribution in [0, 0.1) is 13.8 Å². The second-order valence-corrected chi connectivity index (χ2v) is 4.69. The molecular formula is C13H11ClF3N3. The number of aryl methyl sites for hydroxylation is 2. The smallest absolute Gasteiger partial charge is 0.340 e. The lowest BCUT2D eigenvalue weighted by molar-refractivity contribution is -0.141. The monoisotopic (exact) mass is 301 g/mol. The summed E-state index contributed by atoms with van der Waals surface area (Å²) in [5, 5.41) is 2.38. The summed E-state index contributed by atoms with van der Waals surface area (Å²) in [4.78, 5) is 6.93. The molecule has 1 N–H and O–H groups in total. The number of rotatable bonds is 2. The van der Waals surface area contributed by atoms with Crippen molar-refractivity contribution in [2.75, 3.05) is 5.32 Å². The molecule has 0 aliphatic carbocycles. The van der Waals surface area contributed by atoms with E-state index in [0.29, 0.717) is 5.69 Å². The van der Waals surface area contributed by atoms with Gasteiger partial charge in [-0.1, -0.05) is 12.1 Å². The van der Waals surface area contributed by atoms with Crippen molar-refractivity contribution in [3.63, 3.8) is 0 Å². The van der Waals surface area contributed by atoms with Crippen LogP contribution in [0.25, 0.3) is 0 Å². The van der Waals surface area contributed by atoms with E-state index in [1.54, 1.807) is 0 Å². The standard InChI is InChI=1S/C13H11ClF3N3/c1-7-3-4-8(2)9(5-7)18-11-6-10(13(15,16)17)19-12(14)20-11/h3-6H,1-2H3,(H,18,19,20).